The van der Waals surface area contributed by atoms with E-state index < -0.39 is 0 Å². The monoisotopic (exact) mass is 298 g/mol. The van der Waals surface area contributed by atoms with Gasteiger partial charge in [0.05, 0.1) is 6.10 Å². The Morgan fingerprint density at radius 2 is 2.00 bits per heavy atom. The molecule has 0 saturated heterocycles. The summed E-state index contributed by atoms with van der Waals surface area (Å²) < 4.78 is 1.82. The molecule has 0 aliphatic heterocycles. The molecule has 2 N–H and O–H groups in total. The van der Waals surface area contributed by atoms with Crippen molar-refractivity contribution in [2.24, 2.45) is 13.0 Å². The zero-order chi connectivity index (χ0) is 15.5. The van der Waals surface area contributed by atoms with Crippen molar-refractivity contribution in [2.75, 3.05) is 0 Å². The van der Waals surface area contributed by atoms with Gasteiger partial charge in [-0.3, -0.25) is 4.79 Å². The zero-order valence-corrected chi connectivity index (χ0v) is 12.8. The Hall–Kier alpha value is -2.07. The second-order valence-corrected chi connectivity index (χ2v) is 6.16. The number of nitrogens with one attached hydrogen (secondary N) is 1. The molecule has 0 spiro atoms. The summed E-state index contributed by atoms with van der Waals surface area (Å²) in [6.07, 6.45) is 3.99. The number of benzene rings is 1. The van der Waals surface area contributed by atoms with Crippen molar-refractivity contribution in [3.05, 3.63) is 59.9 Å². The van der Waals surface area contributed by atoms with E-state index in [0.717, 1.165) is 19.3 Å². The number of amides is 1. The van der Waals surface area contributed by atoms with Gasteiger partial charge in [-0.1, -0.05) is 30.3 Å². The standard InChI is InChI=1S/C18H22N2O2/c1-20-9-5-8-17(20)18(22)19-16(14-11-15(21)12-14)10-13-6-3-2-4-7-13/h2-9,14-16,21H,10-12H2,1H3,(H,19,22). The summed E-state index contributed by atoms with van der Waals surface area (Å²) in [4.78, 5) is 12.5. The van der Waals surface area contributed by atoms with Gasteiger partial charge in [-0.25, -0.2) is 0 Å². The fourth-order valence-electron chi connectivity index (χ4n) is 3.10. The van der Waals surface area contributed by atoms with E-state index in [-0.39, 0.29) is 18.1 Å². The van der Waals surface area contributed by atoms with Gasteiger partial charge in [0.2, 0.25) is 0 Å². The minimum absolute atomic E-state index is 0.0465. The quantitative estimate of drug-likeness (QED) is 0.888. The first-order valence-corrected chi connectivity index (χ1v) is 7.77. The van der Waals surface area contributed by atoms with Gasteiger partial charge in [-0.15, -0.1) is 0 Å². The molecule has 22 heavy (non-hydrogen) atoms. The average Bonchev–Trinajstić information content (AvgIpc) is 2.91. The number of aryl methyl sites for hydroxylation is 1. The van der Waals surface area contributed by atoms with E-state index in [4.69, 9.17) is 0 Å². The van der Waals surface area contributed by atoms with Crippen molar-refractivity contribution in [2.45, 2.75) is 31.4 Å². The van der Waals surface area contributed by atoms with Crippen LogP contribution in [0.25, 0.3) is 0 Å². The highest BCUT2D eigenvalue weighted by atomic mass is 16.3. The summed E-state index contributed by atoms with van der Waals surface area (Å²) in [6, 6.07) is 13.9. The van der Waals surface area contributed by atoms with Gasteiger partial charge in [0.25, 0.3) is 5.91 Å². The number of carbonyl (C=O) groups is 1. The van der Waals surface area contributed by atoms with Gasteiger partial charge in [-0.05, 0) is 42.9 Å². The summed E-state index contributed by atoms with van der Waals surface area (Å²) >= 11 is 0. The van der Waals surface area contributed by atoms with Crippen LogP contribution in [0.15, 0.2) is 48.7 Å². The summed E-state index contributed by atoms with van der Waals surface area (Å²) in [5, 5.41) is 12.7. The maximum absolute atomic E-state index is 12.5. The fraction of sp³-hybridized carbons (Fsp3) is 0.389. The largest absolute Gasteiger partial charge is 0.393 e. The van der Waals surface area contributed by atoms with Gasteiger partial charge in [-0.2, -0.15) is 0 Å². The first-order chi connectivity index (χ1) is 10.6. The van der Waals surface area contributed by atoms with Gasteiger partial charge in [0.15, 0.2) is 0 Å². The summed E-state index contributed by atoms with van der Waals surface area (Å²) in [7, 11) is 1.87. The lowest BCUT2D eigenvalue weighted by Crippen LogP contribution is -2.48. The molecule has 3 rings (SSSR count). The molecule has 1 atom stereocenters. The van der Waals surface area contributed by atoms with Crippen molar-refractivity contribution in [1.82, 2.24) is 9.88 Å². The van der Waals surface area contributed by atoms with E-state index in [0.29, 0.717) is 11.6 Å². The van der Waals surface area contributed by atoms with Crippen LogP contribution in [-0.4, -0.2) is 27.7 Å². The SMILES string of the molecule is Cn1cccc1C(=O)NC(Cc1ccccc1)C1CC(O)C1. The van der Waals surface area contributed by atoms with E-state index in [1.54, 1.807) is 0 Å². The number of hydrogen-bond acceptors (Lipinski definition) is 2. The minimum Gasteiger partial charge on any atom is -0.393 e. The molecular formula is C18H22N2O2. The highest BCUT2D eigenvalue weighted by molar-refractivity contribution is 5.92. The molecule has 4 nitrogen and oxygen atoms in total. The van der Waals surface area contributed by atoms with E-state index >= 15 is 0 Å². The minimum atomic E-state index is -0.213. The van der Waals surface area contributed by atoms with Crippen molar-refractivity contribution >= 4 is 5.91 Å². The molecule has 1 unspecified atom stereocenters. The van der Waals surface area contributed by atoms with Gasteiger partial charge in [0.1, 0.15) is 5.69 Å². The van der Waals surface area contributed by atoms with E-state index in [1.807, 2.05) is 48.1 Å². The maximum Gasteiger partial charge on any atom is 0.268 e. The highest BCUT2D eigenvalue weighted by Crippen LogP contribution is 2.31. The molecule has 0 radical (unpaired) electrons. The smallest absolute Gasteiger partial charge is 0.268 e. The van der Waals surface area contributed by atoms with Crippen molar-refractivity contribution in [3.63, 3.8) is 0 Å². The second kappa shape index (κ2) is 6.36. The maximum atomic E-state index is 12.5. The third-order valence-corrected chi connectivity index (χ3v) is 4.51. The molecule has 0 bridgehead atoms. The van der Waals surface area contributed by atoms with Gasteiger partial charge < -0.3 is 15.0 Å². The third kappa shape index (κ3) is 3.22. The predicted octanol–water partition coefficient (Wildman–Crippen LogP) is 2.14. The Morgan fingerprint density at radius 3 is 2.59 bits per heavy atom. The predicted molar refractivity (Wildman–Crippen MR) is 85.5 cm³/mol. The van der Waals surface area contributed by atoms with Crippen LogP contribution in [0.3, 0.4) is 0 Å². The number of aliphatic hydroxyl groups is 1. The molecule has 2 aromatic rings. The first-order valence-electron chi connectivity index (χ1n) is 7.77. The van der Waals surface area contributed by atoms with Crippen LogP contribution in [0, 0.1) is 5.92 Å². The van der Waals surface area contributed by atoms with Crippen LogP contribution in [0.5, 0.6) is 0 Å². The lowest BCUT2D eigenvalue weighted by molar-refractivity contribution is 0.0238. The number of aromatic nitrogens is 1. The van der Waals surface area contributed by atoms with Gasteiger partial charge in [0, 0.05) is 19.3 Å². The second-order valence-electron chi connectivity index (χ2n) is 6.16. The summed E-state index contributed by atoms with van der Waals surface area (Å²) in [5.41, 5.74) is 1.87. The molecule has 1 amide bonds. The molecule has 1 aliphatic carbocycles. The topological polar surface area (TPSA) is 54.3 Å². The summed E-state index contributed by atoms with van der Waals surface area (Å²) in [5.74, 6) is 0.300. The molecule has 4 heteroatoms. The van der Waals surface area contributed by atoms with E-state index in [1.165, 1.54) is 5.56 Å². The molecule has 1 aromatic heterocycles. The average molecular weight is 298 g/mol. The lowest BCUT2D eigenvalue weighted by Gasteiger charge is -2.38. The molecule has 1 aromatic carbocycles. The highest BCUT2D eigenvalue weighted by Gasteiger charge is 2.35. The Morgan fingerprint density at radius 1 is 1.27 bits per heavy atom. The molecule has 1 fully saturated rings. The van der Waals surface area contributed by atoms with Gasteiger partial charge >= 0.3 is 0 Å². The number of aliphatic hydroxyl groups excluding tert-OH is 1. The van der Waals surface area contributed by atoms with Crippen molar-refractivity contribution in [1.29, 1.82) is 0 Å². The number of carbonyl (C=O) groups excluding carboxylic acids is 1. The Kier molecular flexibility index (Phi) is 4.29. The Labute approximate surface area is 130 Å². The molecular weight excluding hydrogens is 276 g/mol. The van der Waals surface area contributed by atoms with Crippen molar-refractivity contribution in [3.8, 4) is 0 Å². The van der Waals surface area contributed by atoms with Crippen LogP contribution in [0.2, 0.25) is 0 Å². The number of nitrogens with zero attached hydrogens (tertiary/aromatic N) is 1. The van der Waals surface area contributed by atoms with Crippen LogP contribution in [0.4, 0.5) is 0 Å². The van der Waals surface area contributed by atoms with Crippen LogP contribution in [-0.2, 0) is 13.5 Å². The number of rotatable bonds is 5. The normalized spacial score (nSPS) is 21.9. The lowest BCUT2D eigenvalue weighted by atomic mass is 9.75. The molecule has 1 heterocycles. The Bertz CT molecular complexity index is 630. The first kappa shape index (κ1) is 14.9. The zero-order valence-electron chi connectivity index (χ0n) is 12.8. The van der Waals surface area contributed by atoms with Crippen LogP contribution in [0.1, 0.15) is 28.9 Å². The molecule has 1 aliphatic rings. The van der Waals surface area contributed by atoms with Crippen LogP contribution < -0.4 is 5.32 Å². The third-order valence-electron chi connectivity index (χ3n) is 4.51. The van der Waals surface area contributed by atoms with Crippen LogP contribution >= 0.6 is 0 Å². The molecule has 1 saturated carbocycles. The van der Waals surface area contributed by atoms with E-state index in [2.05, 4.69) is 17.4 Å². The Balaban J connectivity index is 1.71. The van der Waals surface area contributed by atoms with Crippen molar-refractivity contribution < 1.29 is 9.90 Å². The fourth-order valence-corrected chi connectivity index (χ4v) is 3.10. The molecule has 116 valence electrons. The number of hydrogen-bond donors (Lipinski definition) is 2. The summed E-state index contributed by atoms with van der Waals surface area (Å²) in [6.45, 7) is 0. The van der Waals surface area contributed by atoms with E-state index in [9.17, 15) is 9.90 Å².